The van der Waals surface area contributed by atoms with Gasteiger partial charge in [-0.25, -0.2) is 0 Å². The van der Waals surface area contributed by atoms with E-state index in [0.717, 1.165) is 22.4 Å². The van der Waals surface area contributed by atoms with Gasteiger partial charge in [0.1, 0.15) is 0 Å². The molecule has 0 radical (unpaired) electrons. The van der Waals surface area contributed by atoms with E-state index < -0.39 is 15.9 Å². The molecule has 0 spiro atoms. The van der Waals surface area contributed by atoms with Gasteiger partial charge in [-0.3, -0.25) is 4.79 Å². The molecule has 0 saturated carbocycles. The van der Waals surface area contributed by atoms with Crippen LogP contribution in [0.15, 0.2) is 48.5 Å². The molecule has 2 rings (SSSR count). The highest BCUT2D eigenvalue weighted by atomic mass is 35.6. The molecule has 5 nitrogen and oxygen atoms in total. The molecule has 1 atom stereocenters. The zero-order valence-electron chi connectivity index (χ0n) is 15.3. The van der Waals surface area contributed by atoms with Crippen LogP contribution in [0.5, 0.6) is 0 Å². The van der Waals surface area contributed by atoms with E-state index in [9.17, 15) is 4.79 Å². The van der Waals surface area contributed by atoms with Crippen molar-refractivity contribution in [1.29, 1.82) is 0 Å². The number of benzene rings is 2. The Morgan fingerprint density at radius 1 is 1.14 bits per heavy atom. The summed E-state index contributed by atoms with van der Waals surface area (Å²) in [5, 5.41) is 6.04. The van der Waals surface area contributed by atoms with Gasteiger partial charge in [-0.1, -0.05) is 82.8 Å². The number of hydrogen-bond acceptors (Lipinski definition) is 4. The molecule has 0 fully saturated rings. The van der Waals surface area contributed by atoms with E-state index in [1.807, 2.05) is 62.4 Å². The summed E-state index contributed by atoms with van der Waals surface area (Å²) in [4.78, 5) is 17.0. The first-order chi connectivity index (χ1) is 13.1. The number of thiocarbonyl (C=S) groups is 1. The topological polar surface area (TPSA) is 62.4 Å². The predicted molar refractivity (Wildman–Crippen MR) is 119 cm³/mol. The highest BCUT2D eigenvalue weighted by Gasteiger charge is 2.34. The smallest absolute Gasteiger partial charge is 0.329 e. The van der Waals surface area contributed by atoms with Crippen molar-refractivity contribution >= 4 is 63.8 Å². The Bertz CT molecular complexity index is 829. The quantitative estimate of drug-likeness (QED) is 0.254. The summed E-state index contributed by atoms with van der Waals surface area (Å²) in [5.41, 5.74) is 6.20. The zero-order valence-corrected chi connectivity index (χ0v) is 18.3. The first kappa shape index (κ1) is 22.7. The maximum absolute atomic E-state index is 12.0. The molecule has 9 heteroatoms. The normalized spacial score (nSPS) is 12.2. The second-order valence-corrected chi connectivity index (χ2v) is 8.92. The molecule has 0 aliphatic rings. The SMILES string of the molecule is Cc1ccc(NC(=S)NC(NOC(=O)Cc2ccccc2)C(Cl)(Cl)Cl)c(C)c1. The molecule has 28 heavy (non-hydrogen) atoms. The van der Waals surface area contributed by atoms with E-state index in [4.69, 9.17) is 51.9 Å². The summed E-state index contributed by atoms with van der Waals surface area (Å²) >= 11 is 23.2. The Balaban J connectivity index is 1.93. The number of hydrogen-bond donors (Lipinski definition) is 3. The van der Waals surface area contributed by atoms with E-state index in [0.29, 0.717) is 0 Å². The summed E-state index contributed by atoms with van der Waals surface area (Å²) in [6.07, 6.45) is -0.992. The van der Waals surface area contributed by atoms with Crippen LogP contribution >= 0.6 is 47.0 Å². The lowest BCUT2D eigenvalue weighted by molar-refractivity contribution is -0.152. The first-order valence-corrected chi connectivity index (χ1v) is 9.90. The molecule has 0 aliphatic carbocycles. The molecule has 3 N–H and O–H groups in total. The molecule has 2 aromatic rings. The molecule has 0 bridgehead atoms. The summed E-state index contributed by atoms with van der Waals surface area (Å²) < 4.78 is -1.83. The van der Waals surface area contributed by atoms with E-state index in [1.165, 1.54) is 0 Å². The van der Waals surface area contributed by atoms with Crippen molar-refractivity contribution < 1.29 is 9.63 Å². The number of aryl methyl sites for hydroxylation is 2. The third-order valence-electron chi connectivity index (χ3n) is 3.71. The van der Waals surface area contributed by atoms with Crippen LogP contribution in [0, 0.1) is 13.8 Å². The van der Waals surface area contributed by atoms with Gasteiger partial charge in [-0.15, -0.1) is 5.48 Å². The number of rotatable bonds is 6. The van der Waals surface area contributed by atoms with Crippen molar-refractivity contribution in [2.24, 2.45) is 0 Å². The monoisotopic (exact) mass is 459 g/mol. The summed E-state index contributed by atoms with van der Waals surface area (Å²) in [5.74, 6) is -0.527. The minimum absolute atomic E-state index is 0.0751. The number of hydroxylamine groups is 1. The molecular weight excluding hydrogens is 441 g/mol. The standard InChI is InChI=1S/C19H20Cl3N3O2S/c1-12-8-9-15(13(2)10-12)23-18(28)24-17(19(20,21)22)25-27-16(26)11-14-6-4-3-5-7-14/h3-10,17,25H,11H2,1-2H3,(H2,23,24,28). The molecule has 2 aromatic carbocycles. The van der Waals surface area contributed by atoms with E-state index >= 15 is 0 Å². The van der Waals surface area contributed by atoms with Crippen LogP contribution in [0.3, 0.4) is 0 Å². The number of nitrogens with one attached hydrogen (secondary N) is 3. The number of halogens is 3. The fraction of sp³-hybridized carbons (Fsp3) is 0.263. The Morgan fingerprint density at radius 2 is 1.82 bits per heavy atom. The van der Waals surface area contributed by atoms with Gasteiger partial charge in [0.2, 0.25) is 3.79 Å². The lowest BCUT2D eigenvalue weighted by Gasteiger charge is -2.27. The fourth-order valence-electron chi connectivity index (χ4n) is 2.34. The van der Waals surface area contributed by atoms with Crippen molar-refractivity contribution in [3.05, 3.63) is 65.2 Å². The highest BCUT2D eigenvalue weighted by Crippen LogP contribution is 2.29. The molecule has 150 valence electrons. The number of anilines is 1. The van der Waals surface area contributed by atoms with Crippen molar-refractivity contribution in [3.8, 4) is 0 Å². The summed E-state index contributed by atoms with van der Waals surface area (Å²) in [6.45, 7) is 3.95. The van der Waals surface area contributed by atoms with Crippen LogP contribution in [0.1, 0.15) is 16.7 Å². The van der Waals surface area contributed by atoms with Gasteiger partial charge in [0.25, 0.3) is 0 Å². The number of alkyl halides is 3. The van der Waals surface area contributed by atoms with Crippen molar-refractivity contribution in [3.63, 3.8) is 0 Å². The van der Waals surface area contributed by atoms with Gasteiger partial charge in [0.05, 0.1) is 6.42 Å². The minimum atomic E-state index is -1.83. The minimum Gasteiger partial charge on any atom is -0.368 e. The van der Waals surface area contributed by atoms with Gasteiger partial charge < -0.3 is 15.5 Å². The van der Waals surface area contributed by atoms with Gasteiger partial charge >= 0.3 is 5.97 Å². The van der Waals surface area contributed by atoms with Crippen LogP contribution in [0.25, 0.3) is 0 Å². The van der Waals surface area contributed by atoms with Gasteiger partial charge in [0, 0.05) is 5.69 Å². The Morgan fingerprint density at radius 3 is 2.43 bits per heavy atom. The fourth-order valence-corrected chi connectivity index (χ4v) is 2.87. The van der Waals surface area contributed by atoms with Crippen molar-refractivity contribution in [2.75, 3.05) is 5.32 Å². The predicted octanol–water partition coefficient (Wildman–Crippen LogP) is 4.58. The van der Waals surface area contributed by atoms with Crippen LogP contribution in [-0.4, -0.2) is 21.0 Å². The number of carbonyl (C=O) groups is 1. The highest BCUT2D eigenvalue weighted by molar-refractivity contribution is 7.80. The molecular formula is C19H20Cl3N3O2S. The van der Waals surface area contributed by atoms with Gasteiger partial charge in [-0.05, 0) is 43.3 Å². The number of carbonyl (C=O) groups excluding carboxylic acids is 1. The second kappa shape index (κ2) is 10.3. The Kier molecular flexibility index (Phi) is 8.34. The average molecular weight is 461 g/mol. The average Bonchev–Trinajstić information content (AvgIpc) is 2.61. The van der Waals surface area contributed by atoms with Gasteiger partial charge in [0.15, 0.2) is 11.3 Å². The molecule has 0 aliphatic heterocycles. The molecule has 0 heterocycles. The van der Waals surface area contributed by atoms with E-state index in [1.54, 1.807) is 0 Å². The summed E-state index contributed by atoms with van der Waals surface area (Å²) in [7, 11) is 0. The van der Waals surface area contributed by atoms with Crippen molar-refractivity contribution in [1.82, 2.24) is 10.8 Å². The second-order valence-electron chi connectivity index (χ2n) is 6.15. The zero-order chi connectivity index (χ0) is 20.7. The van der Waals surface area contributed by atoms with E-state index in [2.05, 4.69) is 16.1 Å². The maximum atomic E-state index is 12.0. The largest absolute Gasteiger partial charge is 0.368 e. The lowest BCUT2D eigenvalue weighted by atomic mass is 10.1. The maximum Gasteiger partial charge on any atom is 0.329 e. The van der Waals surface area contributed by atoms with Crippen molar-refractivity contribution in [2.45, 2.75) is 30.2 Å². The van der Waals surface area contributed by atoms with Crippen LogP contribution < -0.4 is 16.1 Å². The lowest BCUT2D eigenvalue weighted by Crippen LogP contribution is -2.54. The Hall–Kier alpha value is -1.57. The van der Waals surface area contributed by atoms with Gasteiger partial charge in [-0.2, -0.15) is 0 Å². The van der Waals surface area contributed by atoms with Crippen LogP contribution in [-0.2, 0) is 16.1 Å². The van der Waals surface area contributed by atoms with Crippen LogP contribution in [0.4, 0.5) is 5.69 Å². The van der Waals surface area contributed by atoms with E-state index in [-0.39, 0.29) is 11.5 Å². The van der Waals surface area contributed by atoms with Crippen LogP contribution in [0.2, 0.25) is 0 Å². The first-order valence-electron chi connectivity index (χ1n) is 8.36. The molecule has 1 unspecified atom stereocenters. The molecule has 0 saturated heterocycles. The third kappa shape index (κ3) is 7.45. The Labute approximate surface area is 184 Å². The molecule has 0 aromatic heterocycles. The summed E-state index contributed by atoms with van der Waals surface area (Å²) in [6, 6.07) is 15.0. The molecule has 0 amide bonds. The third-order valence-corrected chi connectivity index (χ3v) is 4.59.